The number of pyridine rings is 1. The summed E-state index contributed by atoms with van der Waals surface area (Å²) in [4.78, 5) is 17.1. The van der Waals surface area contributed by atoms with Gasteiger partial charge in [-0.15, -0.1) is 11.3 Å². The fourth-order valence-corrected chi connectivity index (χ4v) is 5.38. The summed E-state index contributed by atoms with van der Waals surface area (Å²) in [5.41, 5.74) is 8.58. The molecule has 4 heterocycles. The van der Waals surface area contributed by atoms with Crippen molar-refractivity contribution in [3.63, 3.8) is 0 Å². The molecule has 7 nitrogen and oxygen atoms in total. The van der Waals surface area contributed by atoms with E-state index in [9.17, 15) is 0 Å². The fourth-order valence-electron chi connectivity index (χ4n) is 4.42. The first-order chi connectivity index (χ1) is 19.2. The zero-order valence-corrected chi connectivity index (χ0v) is 24.1. The maximum Gasteiger partial charge on any atom is 0.159 e. The summed E-state index contributed by atoms with van der Waals surface area (Å²) in [6, 6.07) is 12.5. The normalized spacial score (nSPS) is 12.4. The molecule has 4 aromatic heterocycles. The van der Waals surface area contributed by atoms with E-state index < -0.39 is 0 Å². The number of thiophene rings is 1. The van der Waals surface area contributed by atoms with Crippen molar-refractivity contribution in [1.82, 2.24) is 30.0 Å². The van der Waals surface area contributed by atoms with Gasteiger partial charge in [0.1, 0.15) is 5.69 Å². The van der Waals surface area contributed by atoms with E-state index in [0.29, 0.717) is 11.5 Å². The van der Waals surface area contributed by atoms with Crippen LogP contribution in [-0.4, -0.2) is 50.7 Å². The molecule has 0 radical (unpaired) electrons. The van der Waals surface area contributed by atoms with Gasteiger partial charge in [0.15, 0.2) is 5.82 Å². The van der Waals surface area contributed by atoms with Crippen LogP contribution in [0.4, 0.5) is 5.69 Å². The van der Waals surface area contributed by atoms with E-state index in [-0.39, 0.29) is 0 Å². The lowest BCUT2D eigenvalue weighted by Crippen LogP contribution is -2.21. The van der Waals surface area contributed by atoms with Crippen molar-refractivity contribution in [3.05, 3.63) is 94.7 Å². The van der Waals surface area contributed by atoms with Crippen LogP contribution in [0.5, 0.6) is 0 Å². The minimum Gasteiger partial charge on any atom is -0.357 e. The van der Waals surface area contributed by atoms with Gasteiger partial charge in [-0.1, -0.05) is 37.9 Å². The Labute approximate surface area is 238 Å². The van der Waals surface area contributed by atoms with Crippen molar-refractivity contribution in [1.29, 1.82) is 0 Å². The number of anilines is 1. The van der Waals surface area contributed by atoms with Crippen molar-refractivity contribution in [2.75, 3.05) is 26.0 Å². The van der Waals surface area contributed by atoms with Crippen LogP contribution in [0.2, 0.25) is 0 Å². The Morgan fingerprint density at radius 3 is 2.70 bits per heavy atom. The number of fused-ring (bicyclic) bond motifs is 1. The van der Waals surface area contributed by atoms with Crippen LogP contribution in [-0.2, 0) is 0 Å². The number of hydrogen-bond donors (Lipinski definition) is 3. The van der Waals surface area contributed by atoms with Gasteiger partial charge in [-0.05, 0) is 75.0 Å². The Morgan fingerprint density at radius 2 is 1.95 bits per heavy atom. The highest BCUT2D eigenvalue weighted by Crippen LogP contribution is 2.35. The molecular weight excluding hydrogens is 514 g/mol. The Morgan fingerprint density at radius 1 is 1.12 bits per heavy atom. The number of benzene rings is 1. The number of nitrogens with zero attached hydrogens (tertiary/aromatic N) is 4. The van der Waals surface area contributed by atoms with E-state index in [2.05, 4.69) is 81.3 Å². The third-order valence-corrected chi connectivity index (χ3v) is 7.73. The maximum absolute atomic E-state index is 4.93. The summed E-state index contributed by atoms with van der Waals surface area (Å²) in [6.45, 7) is 17.3. The van der Waals surface area contributed by atoms with E-state index in [4.69, 9.17) is 4.98 Å². The van der Waals surface area contributed by atoms with Crippen molar-refractivity contribution in [2.45, 2.75) is 13.8 Å². The molecule has 3 N–H and O–H groups in total. The lowest BCUT2D eigenvalue weighted by atomic mass is 10.1. The number of H-pyrrole nitrogens is 2. The lowest BCUT2D eigenvalue weighted by molar-refractivity contribution is 0.447. The lowest BCUT2D eigenvalue weighted by Gasteiger charge is -2.14. The zero-order chi connectivity index (χ0) is 28.4. The van der Waals surface area contributed by atoms with Gasteiger partial charge in [-0.2, -0.15) is 5.10 Å². The minimum absolute atomic E-state index is 0.682. The number of imidazole rings is 1. The number of aromatic nitrogens is 5. The van der Waals surface area contributed by atoms with E-state index >= 15 is 0 Å². The highest BCUT2D eigenvalue weighted by atomic mass is 32.1. The smallest absolute Gasteiger partial charge is 0.159 e. The molecule has 0 fully saturated rings. The van der Waals surface area contributed by atoms with Crippen molar-refractivity contribution in [2.24, 2.45) is 0 Å². The van der Waals surface area contributed by atoms with Crippen LogP contribution in [0.15, 0.2) is 73.7 Å². The Hall–Kier alpha value is -4.53. The van der Waals surface area contributed by atoms with Crippen LogP contribution >= 0.6 is 11.3 Å². The molecule has 1 aromatic carbocycles. The van der Waals surface area contributed by atoms with Crippen LogP contribution in [0.25, 0.3) is 56.8 Å². The molecule has 0 aliphatic carbocycles. The van der Waals surface area contributed by atoms with E-state index in [1.807, 2.05) is 51.5 Å². The summed E-state index contributed by atoms with van der Waals surface area (Å²) in [5.74, 6) is 0.682. The third-order valence-electron chi connectivity index (χ3n) is 6.45. The van der Waals surface area contributed by atoms with Gasteiger partial charge >= 0.3 is 0 Å². The van der Waals surface area contributed by atoms with Crippen LogP contribution in [0, 0.1) is 0 Å². The predicted molar refractivity (Wildman–Crippen MR) is 170 cm³/mol. The molecular formula is C32H33N7S. The van der Waals surface area contributed by atoms with Gasteiger partial charge in [0.2, 0.25) is 0 Å². The number of para-hydroxylation sites is 1. The number of nitrogens with one attached hydrogen (secondary N) is 3. The van der Waals surface area contributed by atoms with Gasteiger partial charge in [-0.25, -0.2) is 4.98 Å². The van der Waals surface area contributed by atoms with Crippen molar-refractivity contribution < 1.29 is 0 Å². The monoisotopic (exact) mass is 547 g/mol. The molecule has 0 saturated heterocycles. The number of hydrogen-bond acceptors (Lipinski definition) is 6. The molecule has 40 heavy (non-hydrogen) atoms. The highest BCUT2D eigenvalue weighted by molar-refractivity contribution is 7.16. The van der Waals surface area contributed by atoms with Gasteiger partial charge < -0.3 is 15.2 Å². The standard InChI is InChI=1S/C32H33N7S/c1-19(2)28-13-14-29(40-28)25-9-8-10-27-31(25)36-32(35-27)30-22(5)26(37-38-30)12-11-20(3)23-15-24(17-33-16-23)34-21(4)18-39(6)7/h8-17,34,37H,1,4-5,18H2,2-3,6-7H3,(H,35,36)/b20-11+,26-12+. The summed E-state index contributed by atoms with van der Waals surface area (Å²) in [7, 11) is 4.02. The average molecular weight is 548 g/mol. The predicted octanol–water partition coefficient (Wildman–Crippen LogP) is 5.89. The Balaban J connectivity index is 1.42. The van der Waals surface area contributed by atoms with Crippen LogP contribution in [0.1, 0.15) is 24.3 Å². The van der Waals surface area contributed by atoms with Gasteiger partial charge in [0.05, 0.1) is 28.3 Å². The van der Waals surface area contributed by atoms with Gasteiger partial charge in [-0.3, -0.25) is 10.1 Å². The number of aromatic amines is 2. The third kappa shape index (κ3) is 5.73. The first-order valence-electron chi connectivity index (χ1n) is 12.9. The fraction of sp³-hybridized carbons (Fsp3) is 0.156. The number of allylic oxidation sites excluding steroid dienone is 3. The van der Waals surface area contributed by atoms with Crippen LogP contribution < -0.4 is 15.9 Å². The molecule has 0 unspecified atom stereocenters. The molecule has 0 saturated carbocycles. The SMILES string of the molecule is C=C(CN(C)C)Nc1cncc(/C(C)=C/C=c2/[nH]nc(-c3nc4c(-c5ccc(C(=C)C)s5)cccc4[nH]3)c2=C)c1. The quantitative estimate of drug-likeness (QED) is 0.214. The Kier molecular flexibility index (Phi) is 7.64. The van der Waals surface area contributed by atoms with Crippen molar-refractivity contribution in [3.8, 4) is 22.0 Å². The molecule has 0 spiro atoms. The molecule has 5 rings (SSSR count). The summed E-state index contributed by atoms with van der Waals surface area (Å²) >= 11 is 1.72. The van der Waals surface area contributed by atoms with Crippen molar-refractivity contribution >= 4 is 51.9 Å². The first-order valence-corrected chi connectivity index (χ1v) is 13.7. The molecule has 202 valence electrons. The summed E-state index contributed by atoms with van der Waals surface area (Å²) in [5, 5.41) is 12.6. The molecule has 0 bridgehead atoms. The Bertz CT molecular complexity index is 1870. The summed E-state index contributed by atoms with van der Waals surface area (Å²) < 4.78 is 0. The average Bonchev–Trinajstić information content (AvgIpc) is 3.65. The topological polar surface area (TPSA) is 85.5 Å². The summed E-state index contributed by atoms with van der Waals surface area (Å²) in [6.07, 6.45) is 7.67. The highest BCUT2D eigenvalue weighted by Gasteiger charge is 2.14. The molecule has 5 aromatic rings. The zero-order valence-electron chi connectivity index (χ0n) is 23.3. The molecule has 8 heteroatoms. The molecule has 0 aliphatic rings. The second-order valence-electron chi connectivity index (χ2n) is 10.1. The number of rotatable bonds is 9. The second-order valence-corrected chi connectivity index (χ2v) is 11.2. The van der Waals surface area contributed by atoms with Gasteiger partial charge in [0, 0.05) is 39.0 Å². The molecule has 0 atom stereocenters. The first kappa shape index (κ1) is 27.1. The van der Waals surface area contributed by atoms with Gasteiger partial charge in [0.25, 0.3) is 0 Å². The minimum atomic E-state index is 0.682. The molecule has 0 amide bonds. The number of likely N-dealkylation sites (N-methyl/N-ethyl adjacent to an activating group) is 1. The molecule has 0 aliphatic heterocycles. The largest absolute Gasteiger partial charge is 0.357 e. The van der Waals surface area contributed by atoms with E-state index in [0.717, 1.165) is 66.7 Å². The van der Waals surface area contributed by atoms with E-state index in [1.54, 1.807) is 17.5 Å². The van der Waals surface area contributed by atoms with E-state index in [1.165, 1.54) is 4.88 Å². The van der Waals surface area contributed by atoms with Crippen LogP contribution in [0.3, 0.4) is 0 Å². The second kappa shape index (κ2) is 11.3. The maximum atomic E-state index is 4.93.